The van der Waals surface area contributed by atoms with E-state index in [9.17, 15) is 4.79 Å². The van der Waals surface area contributed by atoms with Crippen molar-refractivity contribution in [1.82, 2.24) is 0 Å². The highest BCUT2D eigenvalue weighted by Crippen LogP contribution is 2.71. The van der Waals surface area contributed by atoms with Gasteiger partial charge in [-0.1, -0.05) is 6.07 Å². The molecule has 134 valence electrons. The molecule has 0 saturated heterocycles. The van der Waals surface area contributed by atoms with Crippen LogP contribution in [-0.2, 0) is 0 Å². The van der Waals surface area contributed by atoms with Crippen LogP contribution in [0.1, 0.15) is 48.9 Å². The lowest BCUT2D eigenvalue weighted by molar-refractivity contribution is -0.202. The third-order valence-corrected chi connectivity index (χ3v) is 8.28. The summed E-state index contributed by atoms with van der Waals surface area (Å²) in [5, 5.41) is 8.59. The fraction of sp³-hybridized carbons (Fsp3) is 0.667. The van der Waals surface area contributed by atoms with Crippen molar-refractivity contribution in [2.24, 2.45) is 47.3 Å². The lowest BCUT2D eigenvalue weighted by atomic mass is 9.36. The van der Waals surface area contributed by atoms with Crippen LogP contribution in [0.3, 0.4) is 0 Å². The van der Waals surface area contributed by atoms with Crippen molar-refractivity contribution in [3.8, 4) is 0 Å². The molecule has 4 nitrogen and oxygen atoms in total. The largest absolute Gasteiger partial charge is 0.478 e. The summed E-state index contributed by atoms with van der Waals surface area (Å²) in [6.07, 6.45) is 9.93. The summed E-state index contributed by atoms with van der Waals surface area (Å²) in [5.41, 5.74) is 11.1. The SMILES string of the molecule is C1C2CC3C4CC5CC(C14)C(C2)C3C5.Nc1cccc(N)c1C(=O)O. The van der Waals surface area contributed by atoms with Gasteiger partial charge in [0.2, 0.25) is 0 Å². The van der Waals surface area contributed by atoms with Crippen molar-refractivity contribution >= 4 is 17.3 Å². The Morgan fingerprint density at radius 1 is 0.760 bits per heavy atom. The number of nitrogen functional groups attached to an aromatic ring is 2. The Morgan fingerprint density at radius 3 is 1.32 bits per heavy atom. The summed E-state index contributed by atoms with van der Waals surface area (Å²) < 4.78 is 0. The Balaban J connectivity index is 0.000000117. The van der Waals surface area contributed by atoms with Gasteiger partial charge in [-0.25, -0.2) is 4.79 Å². The van der Waals surface area contributed by atoms with Gasteiger partial charge < -0.3 is 16.6 Å². The second-order valence-electron chi connectivity index (χ2n) is 9.25. The van der Waals surface area contributed by atoms with Crippen molar-refractivity contribution in [2.75, 3.05) is 11.5 Å². The molecule has 25 heavy (non-hydrogen) atoms. The van der Waals surface area contributed by atoms with Gasteiger partial charge in [0, 0.05) is 11.4 Å². The van der Waals surface area contributed by atoms with Gasteiger partial charge in [0.05, 0.1) is 0 Å². The topological polar surface area (TPSA) is 89.3 Å². The number of aromatic carboxylic acids is 1. The number of nitrogens with two attached hydrogens (primary N) is 2. The van der Waals surface area contributed by atoms with Gasteiger partial charge in [0.15, 0.2) is 0 Å². The molecule has 4 heteroatoms. The molecule has 7 fully saturated rings. The van der Waals surface area contributed by atoms with E-state index in [-0.39, 0.29) is 16.9 Å². The molecular formula is C21H28N2O2. The minimum atomic E-state index is -1.10. The summed E-state index contributed by atoms with van der Waals surface area (Å²) >= 11 is 0. The second-order valence-corrected chi connectivity index (χ2v) is 9.25. The zero-order chi connectivity index (χ0) is 17.3. The minimum absolute atomic E-state index is 0.0208. The van der Waals surface area contributed by atoms with Crippen molar-refractivity contribution < 1.29 is 9.90 Å². The second kappa shape index (κ2) is 5.39. The van der Waals surface area contributed by atoms with Gasteiger partial charge >= 0.3 is 5.97 Å². The third kappa shape index (κ3) is 2.22. The molecule has 0 spiro atoms. The molecule has 7 aliphatic rings. The summed E-state index contributed by atoms with van der Waals surface area (Å²) in [7, 11) is 0. The summed E-state index contributed by atoms with van der Waals surface area (Å²) in [5.74, 6) is 8.64. The third-order valence-electron chi connectivity index (χ3n) is 8.28. The van der Waals surface area contributed by atoms with Crippen LogP contribution in [0.4, 0.5) is 11.4 Å². The number of carboxylic acid groups (broad SMARTS) is 1. The highest BCUT2D eigenvalue weighted by molar-refractivity contribution is 5.99. The Bertz CT molecular complexity index is 608. The molecule has 1 aromatic rings. The Morgan fingerprint density at radius 2 is 1.08 bits per heavy atom. The molecule has 8 bridgehead atoms. The minimum Gasteiger partial charge on any atom is -0.478 e. The van der Waals surface area contributed by atoms with Gasteiger partial charge in [0.25, 0.3) is 0 Å². The number of benzene rings is 1. The lowest BCUT2D eigenvalue weighted by Crippen LogP contribution is -2.62. The number of carboxylic acids is 1. The molecule has 7 aliphatic carbocycles. The summed E-state index contributed by atoms with van der Waals surface area (Å²) in [6.45, 7) is 0. The molecule has 0 unspecified atom stereocenters. The molecule has 7 saturated carbocycles. The molecule has 1 aromatic carbocycles. The lowest BCUT2D eigenvalue weighted by Gasteiger charge is -2.69. The van der Waals surface area contributed by atoms with E-state index in [0.29, 0.717) is 0 Å². The predicted octanol–water partition coefficient (Wildman–Crippen LogP) is 3.87. The molecule has 5 N–H and O–H groups in total. The molecule has 0 aromatic heterocycles. The van der Waals surface area contributed by atoms with Crippen LogP contribution in [0.2, 0.25) is 0 Å². The number of rotatable bonds is 1. The van der Waals surface area contributed by atoms with Crippen LogP contribution < -0.4 is 11.5 Å². The molecular weight excluding hydrogens is 312 g/mol. The van der Waals surface area contributed by atoms with Crippen molar-refractivity contribution in [2.45, 2.75) is 38.5 Å². The number of hydrogen-bond donors (Lipinski definition) is 3. The van der Waals surface area contributed by atoms with Crippen LogP contribution in [0.25, 0.3) is 0 Å². The molecule has 0 radical (unpaired) electrons. The Hall–Kier alpha value is -1.71. The average Bonchev–Trinajstić information content (AvgIpc) is 2.59. The fourth-order valence-electron chi connectivity index (χ4n) is 7.73. The van der Waals surface area contributed by atoms with E-state index >= 15 is 0 Å². The fourth-order valence-corrected chi connectivity index (χ4v) is 7.73. The van der Waals surface area contributed by atoms with E-state index in [1.165, 1.54) is 59.5 Å². The quantitative estimate of drug-likeness (QED) is 0.677. The smallest absolute Gasteiger partial charge is 0.339 e. The van der Waals surface area contributed by atoms with E-state index in [0.717, 1.165) is 0 Å². The zero-order valence-corrected chi connectivity index (χ0v) is 14.6. The van der Waals surface area contributed by atoms with E-state index in [2.05, 4.69) is 0 Å². The van der Waals surface area contributed by atoms with Crippen molar-refractivity contribution in [3.05, 3.63) is 23.8 Å². The number of anilines is 2. The van der Waals surface area contributed by atoms with Crippen LogP contribution >= 0.6 is 0 Å². The van der Waals surface area contributed by atoms with Crippen molar-refractivity contribution in [3.63, 3.8) is 0 Å². The highest BCUT2D eigenvalue weighted by atomic mass is 16.4. The normalized spacial score (nSPS) is 44.5. The first-order valence-electron chi connectivity index (χ1n) is 9.90. The molecule has 0 heterocycles. The van der Waals surface area contributed by atoms with E-state index in [4.69, 9.17) is 16.6 Å². The summed E-state index contributed by atoms with van der Waals surface area (Å²) in [4.78, 5) is 10.5. The maximum absolute atomic E-state index is 10.5. The van der Waals surface area contributed by atoms with Crippen LogP contribution in [0.15, 0.2) is 18.2 Å². The summed E-state index contributed by atoms with van der Waals surface area (Å²) in [6, 6.07) is 4.61. The predicted molar refractivity (Wildman–Crippen MR) is 97.8 cm³/mol. The number of hydrogen-bond acceptors (Lipinski definition) is 3. The molecule has 0 amide bonds. The van der Waals surface area contributed by atoms with Gasteiger partial charge in [-0.3, -0.25) is 0 Å². The average molecular weight is 340 g/mol. The van der Waals surface area contributed by atoms with Gasteiger partial charge in [-0.05, 0) is 98.0 Å². The van der Waals surface area contributed by atoms with E-state index in [1.54, 1.807) is 44.6 Å². The standard InChI is InChI=1S/C14H20.C7H8N2O2/c1-7-2-12-10-4-8-5-11(9(1)10)13(3-7)14(12)6-8;8-4-2-1-3-5(9)6(4)7(10)11/h7-14H,1-6H2;1-3H,8-9H2,(H,10,11). The van der Waals surface area contributed by atoms with E-state index in [1.807, 2.05) is 0 Å². The Labute approximate surface area is 149 Å². The van der Waals surface area contributed by atoms with Crippen molar-refractivity contribution in [1.29, 1.82) is 0 Å². The molecule has 0 aliphatic heterocycles. The molecule has 0 atom stereocenters. The van der Waals surface area contributed by atoms with Crippen LogP contribution in [-0.4, -0.2) is 11.1 Å². The van der Waals surface area contributed by atoms with Gasteiger partial charge in [-0.2, -0.15) is 0 Å². The van der Waals surface area contributed by atoms with Gasteiger partial charge in [-0.15, -0.1) is 0 Å². The maximum atomic E-state index is 10.5. The zero-order valence-electron chi connectivity index (χ0n) is 14.6. The van der Waals surface area contributed by atoms with Crippen LogP contribution in [0, 0.1) is 47.3 Å². The van der Waals surface area contributed by atoms with Gasteiger partial charge in [0.1, 0.15) is 5.56 Å². The maximum Gasteiger partial charge on any atom is 0.339 e. The van der Waals surface area contributed by atoms with Crippen LogP contribution in [0.5, 0.6) is 0 Å². The van der Waals surface area contributed by atoms with E-state index < -0.39 is 5.97 Å². The first-order chi connectivity index (χ1) is 12.0. The molecule has 8 rings (SSSR count). The Kier molecular flexibility index (Phi) is 3.35. The highest BCUT2D eigenvalue weighted by Gasteiger charge is 2.63. The monoisotopic (exact) mass is 340 g/mol. The first-order valence-corrected chi connectivity index (χ1v) is 9.90. The number of carbonyl (C=O) groups is 1. The first kappa shape index (κ1) is 15.5.